The molecule has 0 aromatic carbocycles. The van der Waals surface area contributed by atoms with Crippen LogP contribution in [0.25, 0.3) is 5.57 Å². The molecule has 1 aliphatic carbocycles. The van der Waals surface area contributed by atoms with Gasteiger partial charge in [0, 0.05) is 11.1 Å². The molecule has 1 atom stereocenters. The monoisotopic (exact) mass is 230 g/mol. The highest BCUT2D eigenvalue weighted by Gasteiger charge is 2.27. The maximum absolute atomic E-state index is 12.2. The molecule has 0 amide bonds. The van der Waals surface area contributed by atoms with Crippen LogP contribution >= 0.6 is 0 Å². The number of hydrogen-bond acceptors (Lipinski definition) is 2. The van der Waals surface area contributed by atoms with Gasteiger partial charge in [-0.25, -0.2) is 0 Å². The van der Waals surface area contributed by atoms with E-state index in [0.717, 1.165) is 35.1 Å². The van der Waals surface area contributed by atoms with Crippen LogP contribution in [-0.2, 0) is 4.79 Å². The zero-order chi connectivity index (χ0) is 12.4. The molecule has 0 unspecified atom stereocenters. The van der Waals surface area contributed by atoms with E-state index in [9.17, 15) is 4.79 Å². The zero-order valence-electron chi connectivity index (χ0n) is 10.6. The molecule has 1 aromatic rings. The van der Waals surface area contributed by atoms with Gasteiger partial charge in [-0.05, 0) is 50.3 Å². The van der Waals surface area contributed by atoms with Crippen LogP contribution in [0, 0.1) is 5.92 Å². The highest BCUT2D eigenvalue weighted by Crippen LogP contribution is 2.38. The summed E-state index contributed by atoms with van der Waals surface area (Å²) in [6.45, 7) is 6.03. The minimum absolute atomic E-state index is 0.159. The normalized spacial score (nSPS) is 19.6. The third-order valence-electron chi connectivity index (χ3n) is 3.20. The molecule has 17 heavy (non-hydrogen) atoms. The molecule has 0 spiro atoms. The van der Waals surface area contributed by atoms with Crippen LogP contribution in [0.15, 0.2) is 40.2 Å². The Hall–Kier alpha value is -1.57. The lowest BCUT2D eigenvalue weighted by Crippen LogP contribution is -2.05. The number of carbonyl (C=O) groups excluding carboxylic acids is 1. The third-order valence-corrected chi connectivity index (χ3v) is 3.20. The Morgan fingerprint density at radius 3 is 2.82 bits per heavy atom. The van der Waals surface area contributed by atoms with Gasteiger partial charge in [0.25, 0.3) is 0 Å². The van der Waals surface area contributed by atoms with E-state index in [1.165, 1.54) is 0 Å². The highest BCUT2D eigenvalue weighted by atomic mass is 16.3. The van der Waals surface area contributed by atoms with E-state index >= 15 is 0 Å². The molecule has 0 N–H and O–H groups in total. The fraction of sp³-hybridized carbons (Fsp3) is 0.400. The molecule has 0 fully saturated rings. The molecular weight excluding hydrogens is 212 g/mol. The molecule has 1 aliphatic rings. The second kappa shape index (κ2) is 4.74. The van der Waals surface area contributed by atoms with Gasteiger partial charge in [-0.1, -0.05) is 12.5 Å². The molecule has 1 heterocycles. The number of ketones is 1. The van der Waals surface area contributed by atoms with E-state index in [-0.39, 0.29) is 5.78 Å². The number of furan rings is 1. The predicted octanol–water partition coefficient (Wildman–Crippen LogP) is 4.00. The Morgan fingerprint density at radius 1 is 1.47 bits per heavy atom. The molecule has 90 valence electrons. The first kappa shape index (κ1) is 11.9. The summed E-state index contributed by atoms with van der Waals surface area (Å²) in [5.74, 6) is 0.509. The molecule has 0 bridgehead atoms. The van der Waals surface area contributed by atoms with E-state index in [1.807, 2.05) is 19.9 Å². The van der Waals surface area contributed by atoms with Gasteiger partial charge < -0.3 is 4.42 Å². The Balaban J connectivity index is 2.42. The minimum atomic E-state index is 0.159. The molecule has 0 saturated heterocycles. The van der Waals surface area contributed by atoms with Gasteiger partial charge in [-0.15, -0.1) is 0 Å². The zero-order valence-corrected chi connectivity index (χ0v) is 10.6. The van der Waals surface area contributed by atoms with Gasteiger partial charge in [0.15, 0.2) is 5.78 Å². The lowest BCUT2D eigenvalue weighted by molar-refractivity contribution is -0.111. The summed E-state index contributed by atoms with van der Waals surface area (Å²) in [5, 5.41) is 0. The fourth-order valence-corrected chi connectivity index (χ4v) is 2.40. The lowest BCUT2D eigenvalue weighted by Gasteiger charge is -2.07. The summed E-state index contributed by atoms with van der Waals surface area (Å²) >= 11 is 0. The maximum atomic E-state index is 12.2. The van der Waals surface area contributed by atoms with Crippen LogP contribution in [0.1, 0.15) is 39.2 Å². The van der Waals surface area contributed by atoms with Crippen LogP contribution in [0.2, 0.25) is 0 Å². The Labute approximate surface area is 102 Å². The van der Waals surface area contributed by atoms with Crippen molar-refractivity contribution in [3.8, 4) is 0 Å². The van der Waals surface area contributed by atoms with Gasteiger partial charge >= 0.3 is 0 Å². The average Bonchev–Trinajstić information content (AvgIpc) is 2.84. The first-order valence-electron chi connectivity index (χ1n) is 6.04. The SMILES string of the molecule is CC(C)=CC(=O)C1=C(c2ccoc2)CC[C@@H]1C. The summed E-state index contributed by atoms with van der Waals surface area (Å²) < 4.78 is 5.11. The van der Waals surface area contributed by atoms with E-state index in [1.54, 1.807) is 18.6 Å². The summed E-state index contributed by atoms with van der Waals surface area (Å²) in [5.41, 5.74) is 4.23. The van der Waals surface area contributed by atoms with Gasteiger partial charge in [0.2, 0.25) is 0 Å². The Kier molecular flexibility index (Phi) is 3.32. The van der Waals surface area contributed by atoms with Crippen molar-refractivity contribution in [2.45, 2.75) is 33.6 Å². The van der Waals surface area contributed by atoms with Crippen LogP contribution in [-0.4, -0.2) is 5.78 Å². The van der Waals surface area contributed by atoms with E-state index < -0.39 is 0 Å². The predicted molar refractivity (Wildman–Crippen MR) is 68.5 cm³/mol. The van der Waals surface area contributed by atoms with E-state index in [4.69, 9.17) is 4.42 Å². The van der Waals surface area contributed by atoms with Crippen molar-refractivity contribution in [3.63, 3.8) is 0 Å². The number of rotatable bonds is 3. The summed E-state index contributed by atoms with van der Waals surface area (Å²) in [6, 6.07) is 1.93. The van der Waals surface area contributed by atoms with Crippen molar-refractivity contribution in [3.05, 3.63) is 41.4 Å². The first-order chi connectivity index (χ1) is 8.09. The van der Waals surface area contributed by atoms with Gasteiger partial charge in [-0.2, -0.15) is 0 Å². The van der Waals surface area contributed by atoms with E-state index in [2.05, 4.69) is 6.92 Å². The van der Waals surface area contributed by atoms with Crippen molar-refractivity contribution in [1.82, 2.24) is 0 Å². The third kappa shape index (κ3) is 2.41. The number of hydrogen-bond donors (Lipinski definition) is 0. The minimum Gasteiger partial charge on any atom is -0.472 e. The summed E-state index contributed by atoms with van der Waals surface area (Å²) in [7, 11) is 0. The highest BCUT2D eigenvalue weighted by molar-refractivity contribution is 6.10. The van der Waals surface area contributed by atoms with Crippen molar-refractivity contribution in [2.24, 2.45) is 5.92 Å². The van der Waals surface area contributed by atoms with Crippen molar-refractivity contribution in [2.75, 3.05) is 0 Å². The first-order valence-corrected chi connectivity index (χ1v) is 6.04. The van der Waals surface area contributed by atoms with Gasteiger partial charge in [0.1, 0.15) is 0 Å². The summed E-state index contributed by atoms with van der Waals surface area (Å²) in [6.07, 6.45) is 7.14. The molecule has 0 saturated carbocycles. The van der Waals surface area contributed by atoms with Crippen LogP contribution < -0.4 is 0 Å². The van der Waals surface area contributed by atoms with E-state index in [0.29, 0.717) is 5.92 Å². The molecule has 2 heteroatoms. The topological polar surface area (TPSA) is 30.2 Å². The molecule has 0 radical (unpaired) electrons. The maximum Gasteiger partial charge on any atom is 0.182 e. The number of allylic oxidation sites excluding steroid dienone is 4. The molecular formula is C15H18O2. The Bertz CT molecular complexity index is 471. The quantitative estimate of drug-likeness (QED) is 0.735. The molecule has 0 aliphatic heterocycles. The summed E-state index contributed by atoms with van der Waals surface area (Å²) in [4.78, 5) is 12.2. The molecule has 2 rings (SSSR count). The van der Waals surface area contributed by atoms with Crippen molar-refractivity contribution in [1.29, 1.82) is 0 Å². The van der Waals surface area contributed by atoms with Crippen molar-refractivity contribution >= 4 is 11.4 Å². The second-order valence-corrected chi connectivity index (χ2v) is 4.93. The van der Waals surface area contributed by atoms with Gasteiger partial charge in [0.05, 0.1) is 12.5 Å². The molecule has 2 nitrogen and oxygen atoms in total. The average molecular weight is 230 g/mol. The van der Waals surface area contributed by atoms with Crippen LogP contribution in [0.3, 0.4) is 0 Å². The smallest absolute Gasteiger partial charge is 0.182 e. The molecule has 1 aromatic heterocycles. The Morgan fingerprint density at radius 2 is 2.24 bits per heavy atom. The van der Waals surface area contributed by atoms with Crippen LogP contribution in [0.4, 0.5) is 0 Å². The largest absolute Gasteiger partial charge is 0.472 e. The fourth-order valence-electron chi connectivity index (χ4n) is 2.40. The van der Waals surface area contributed by atoms with Crippen LogP contribution in [0.5, 0.6) is 0 Å². The second-order valence-electron chi connectivity index (χ2n) is 4.93. The lowest BCUT2D eigenvalue weighted by atomic mass is 9.95. The number of carbonyl (C=O) groups is 1. The van der Waals surface area contributed by atoms with Gasteiger partial charge in [-0.3, -0.25) is 4.79 Å². The standard InChI is InChI=1S/C15H18O2/c1-10(2)8-14(16)15-11(3)4-5-13(15)12-6-7-17-9-12/h6-9,11H,4-5H2,1-3H3/t11-/m0/s1. The van der Waals surface area contributed by atoms with Crippen molar-refractivity contribution < 1.29 is 9.21 Å².